The van der Waals surface area contributed by atoms with E-state index < -0.39 is 0 Å². The van der Waals surface area contributed by atoms with Crippen molar-refractivity contribution in [1.29, 1.82) is 0 Å². The van der Waals surface area contributed by atoms with Gasteiger partial charge in [-0.15, -0.1) is 0 Å². The highest BCUT2D eigenvalue weighted by Gasteiger charge is 1.93. The molecule has 4 nitrogen and oxygen atoms in total. The highest BCUT2D eigenvalue weighted by atomic mass is 16.8. The van der Waals surface area contributed by atoms with Gasteiger partial charge in [0.25, 0.3) is 0 Å². The van der Waals surface area contributed by atoms with Crippen LogP contribution in [-0.2, 0) is 14.2 Å². The lowest BCUT2D eigenvalue weighted by atomic mass is 10.5. The Morgan fingerprint density at radius 1 is 0.750 bits per heavy atom. The fourth-order valence-electron chi connectivity index (χ4n) is 0.591. The molecule has 0 aliphatic carbocycles. The van der Waals surface area contributed by atoms with Crippen molar-refractivity contribution in [1.82, 2.24) is 4.98 Å². The summed E-state index contributed by atoms with van der Waals surface area (Å²) in [5.74, 6) is 0. The summed E-state index contributed by atoms with van der Waals surface area (Å²) >= 11 is 0. The van der Waals surface area contributed by atoms with Crippen molar-refractivity contribution in [3.8, 4) is 0 Å². The molecule has 0 spiro atoms. The lowest BCUT2D eigenvalue weighted by Gasteiger charge is -2.10. The maximum atomic E-state index is 4.62. The van der Waals surface area contributed by atoms with E-state index in [4.69, 9.17) is 0 Å². The van der Waals surface area contributed by atoms with E-state index in [0.29, 0.717) is 20.4 Å². The Kier molecular flexibility index (Phi) is 5.11. The summed E-state index contributed by atoms with van der Waals surface area (Å²) < 4.78 is 13.9. The first-order chi connectivity index (χ1) is 6.00. The molecular formula is C8H11NO3. The van der Waals surface area contributed by atoms with E-state index >= 15 is 0 Å². The van der Waals surface area contributed by atoms with Crippen LogP contribution in [-0.4, -0.2) is 25.4 Å². The molecule has 1 saturated heterocycles. The van der Waals surface area contributed by atoms with Crippen LogP contribution in [0.4, 0.5) is 0 Å². The molecule has 0 amide bonds. The molecular weight excluding hydrogens is 158 g/mol. The monoisotopic (exact) mass is 169 g/mol. The highest BCUT2D eigenvalue weighted by Crippen LogP contribution is 1.87. The normalized spacial score (nSPS) is 16.0. The molecule has 1 aliphatic heterocycles. The van der Waals surface area contributed by atoms with Crippen molar-refractivity contribution in [2.45, 2.75) is 0 Å². The van der Waals surface area contributed by atoms with E-state index in [1.54, 1.807) is 12.4 Å². The predicted octanol–water partition coefficient (Wildman–Crippen LogP) is 1.00. The van der Waals surface area contributed by atoms with Gasteiger partial charge in [-0.05, 0) is 12.1 Å². The van der Waals surface area contributed by atoms with Crippen LogP contribution in [0, 0.1) is 0 Å². The average molecular weight is 169 g/mol. The molecule has 1 aliphatic rings. The Morgan fingerprint density at radius 2 is 1.25 bits per heavy atom. The Hall–Kier alpha value is -0.970. The first-order valence-corrected chi connectivity index (χ1v) is 3.58. The van der Waals surface area contributed by atoms with Crippen molar-refractivity contribution in [3.05, 3.63) is 30.6 Å². The van der Waals surface area contributed by atoms with Crippen LogP contribution in [0.15, 0.2) is 30.6 Å². The molecule has 12 heavy (non-hydrogen) atoms. The van der Waals surface area contributed by atoms with Gasteiger partial charge >= 0.3 is 0 Å². The molecule has 2 heterocycles. The maximum absolute atomic E-state index is 4.62. The smallest absolute Gasteiger partial charge is 0.152 e. The van der Waals surface area contributed by atoms with E-state index in [1.807, 2.05) is 18.2 Å². The molecule has 1 fully saturated rings. The van der Waals surface area contributed by atoms with Gasteiger partial charge in [-0.25, -0.2) is 0 Å². The molecule has 1 aromatic heterocycles. The van der Waals surface area contributed by atoms with Gasteiger partial charge in [0.1, 0.15) is 0 Å². The van der Waals surface area contributed by atoms with Crippen LogP contribution < -0.4 is 0 Å². The largest absolute Gasteiger partial charge is 0.329 e. The summed E-state index contributed by atoms with van der Waals surface area (Å²) in [6.07, 6.45) is 3.50. The Morgan fingerprint density at radius 3 is 1.42 bits per heavy atom. The summed E-state index contributed by atoms with van der Waals surface area (Å²) in [6.45, 7) is 1.12. The molecule has 0 N–H and O–H groups in total. The van der Waals surface area contributed by atoms with Crippen LogP contribution in [0.2, 0.25) is 0 Å². The first kappa shape index (κ1) is 9.12. The van der Waals surface area contributed by atoms with Gasteiger partial charge in [0.15, 0.2) is 20.4 Å². The third kappa shape index (κ3) is 4.79. The van der Waals surface area contributed by atoms with Gasteiger partial charge in [-0.2, -0.15) is 0 Å². The fraction of sp³-hybridized carbons (Fsp3) is 0.375. The molecule has 2 rings (SSSR count). The van der Waals surface area contributed by atoms with Crippen LogP contribution in [0.3, 0.4) is 0 Å². The average Bonchev–Trinajstić information content (AvgIpc) is 2.24. The summed E-state index contributed by atoms with van der Waals surface area (Å²) in [6, 6.07) is 5.72. The number of nitrogens with zero attached hydrogens (tertiary/aromatic N) is 1. The number of hydrogen-bond acceptors (Lipinski definition) is 4. The fourth-order valence-corrected chi connectivity index (χ4v) is 0.591. The summed E-state index contributed by atoms with van der Waals surface area (Å²) in [5.41, 5.74) is 0. The second-order valence-electron chi connectivity index (χ2n) is 1.99. The van der Waals surface area contributed by atoms with Crippen molar-refractivity contribution in [2.24, 2.45) is 0 Å². The zero-order valence-electron chi connectivity index (χ0n) is 6.68. The van der Waals surface area contributed by atoms with E-state index in [0.717, 1.165) is 0 Å². The topological polar surface area (TPSA) is 40.6 Å². The molecule has 4 heteroatoms. The Labute approximate surface area is 71.1 Å². The van der Waals surface area contributed by atoms with E-state index in [-0.39, 0.29) is 0 Å². The SMILES string of the molecule is C1OCOCO1.c1ccncc1. The third-order valence-electron chi connectivity index (χ3n) is 1.07. The van der Waals surface area contributed by atoms with Crippen LogP contribution in [0.25, 0.3) is 0 Å². The Balaban J connectivity index is 0.000000120. The van der Waals surface area contributed by atoms with Crippen molar-refractivity contribution in [2.75, 3.05) is 20.4 Å². The predicted molar refractivity (Wildman–Crippen MR) is 42.1 cm³/mol. The van der Waals surface area contributed by atoms with Crippen LogP contribution >= 0.6 is 0 Å². The molecule has 66 valence electrons. The first-order valence-electron chi connectivity index (χ1n) is 3.58. The number of rotatable bonds is 0. The van der Waals surface area contributed by atoms with E-state index in [9.17, 15) is 0 Å². The number of hydrogen-bond donors (Lipinski definition) is 0. The van der Waals surface area contributed by atoms with Gasteiger partial charge in [0.2, 0.25) is 0 Å². The zero-order chi connectivity index (χ0) is 8.49. The van der Waals surface area contributed by atoms with Gasteiger partial charge < -0.3 is 14.2 Å². The zero-order valence-corrected chi connectivity index (χ0v) is 6.68. The van der Waals surface area contributed by atoms with E-state index in [1.165, 1.54) is 0 Å². The van der Waals surface area contributed by atoms with E-state index in [2.05, 4.69) is 19.2 Å². The minimum absolute atomic E-state index is 0.375. The molecule has 0 aromatic carbocycles. The molecule has 0 radical (unpaired) electrons. The highest BCUT2D eigenvalue weighted by molar-refractivity contribution is 4.88. The van der Waals surface area contributed by atoms with Gasteiger partial charge in [-0.3, -0.25) is 4.98 Å². The third-order valence-corrected chi connectivity index (χ3v) is 1.07. The van der Waals surface area contributed by atoms with Crippen molar-refractivity contribution < 1.29 is 14.2 Å². The minimum atomic E-state index is 0.375. The lowest BCUT2D eigenvalue weighted by Crippen LogP contribution is -2.14. The molecule has 0 saturated carbocycles. The van der Waals surface area contributed by atoms with Crippen molar-refractivity contribution in [3.63, 3.8) is 0 Å². The minimum Gasteiger partial charge on any atom is -0.329 e. The van der Waals surface area contributed by atoms with Crippen molar-refractivity contribution >= 4 is 0 Å². The Bertz CT molecular complexity index is 139. The number of ether oxygens (including phenoxy) is 3. The molecule has 0 unspecified atom stereocenters. The summed E-state index contributed by atoms with van der Waals surface area (Å²) in [5, 5.41) is 0. The van der Waals surface area contributed by atoms with Gasteiger partial charge in [0, 0.05) is 12.4 Å². The number of pyridine rings is 1. The standard InChI is InChI=1S/C5H5N.C3H6O3/c1-2-4-6-5-3-1;1-4-2-6-3-5-1/h1-5H;1-3H2. The van der Waals surface area contributed by atoms with Gasteiger partial charge in [-0.1, -0.05) is 6.07 Å². The quantitative estimate of drug-likeness (QED) is 0.581. The summed E-state index contributed by atoms with van der Waals surface area (Å²) in [4.78, 5) is 3.78. The number of aromatic nitrogens is 1. The van der Waals surface area contributed by atoms with Crippen LogP contribution in [0.1, 0.15) is 0 Å². The second-order valence-corrected chi connectivity index (χ2v) is 1.99. The van der Waals surface area contributed by atoms with Gasteiger partial charge in [0.05, 0.1) is 0 Å². The molecule has 1 aromatic rings. The maximum Gasteiger partial charge on any atom is 0.152 e. The molecule has 0 bridgehead atoms. The van der Waals surface area contributed by atoms with Crippen LogP contribution in [0.5, 0.6) is 0 Å². The lowest BCUT2D eigenvalue weighted by molar-refractivity contribution is -0.247. The summed E-state index contributed by atoms with van der Waals surface area (Å²) in [7, 11) is 0. The second kappa shape index (κ2) is 6.72. The molecule has 0 atom stereocenters.